The first kappa shape index (κ1) is 24.0. The average Bonchev–Trinajstić information content (AvgIpc) is 3.40. The number of ether oxygens (including phenoxy) is 1. The van der Waals surface area contributed by atoms with Gasteiger partial charge < -0.3 is 20.7 Å². The molecular weight excluding hydrogens is 446 g/mol. The second-order valence-corrected chi connectivity index (χ2v) is 9.64. The topological polar surface area (TPSA) is 130 Å². The van der Waals surface area contributed by atoms with Crippen molar-refractivity contribution >= 4 is 23.5 Å². The maximum atomic E-state index is 12.9. The third-order valence-electron chi connectivity index (χ3n) is 5.91. The molecule has 1 aliphatic heterocycles. The molecule has 1 aliphatic rings. The van der Waals surface area contributed by atoms with Crippen molar-refractivity contribution in [3.05, 3.63) is 76.5 Å². The zero-order chi connectivity index (χ0) is 25.2. The second-order valence-electron chi connectivity index (χ2n) is 9.64. The van der Waals surface area contributed by atoms with Crippen LogP contribution in [-0.2, 0) is 34.5 Å². The molecule has 9 nitrogen and oxygen atoms in total. The van der Waals surface area contributed by atoms with Gasteiger partial charge in [0.2, 0.25) is 5.91 Å². The molecule has 4 rings (SSSR count). The quantitative estimate of drug-likeness (QED) is 0.484. The number of aromatic nitrogens is 2. The summed E-state index contributed by atoms with van der Waals surface area (Å²) in [5.41, 5.74) is 9.23. The van der Waals surface area contributed by atoms with Crippen LogP contribution >= 0.6 is 0 Å². The predicted octanol–water partition coefficient (Wildman–Crippen LogP) is 2.91. The molecule has 0 spiro atoms. The highest BCUT2D eigenvalue weighted by atomic mass is 16.5. The number of hydrogen-bond donors (Lipinski definition) is 3. The van der Waals surface area contributed by atoms with Crippen LogP contribution in [0.4, 0.5) is 5.82 Å². The Hall–Kier alpha value is -4.14. The van der Waals surface area contributed by atoms with Crippen molar-refractivity contribution in [1.82, 2.24) is 15.1 Å². The fourth-order valence-corrected chi connectivity index (χ4v) is 3.87. The number of anilines is 1. The molecule has 2 heterocycles. The van der Waals surface area contributed by atoms with Crippen molar-refractivity contribution in [2.75, 3.05) is 11.9 Å². The summed E-state index contributed by atoms with van der Waals surface area (Å²) >= 11 is 0. The number of nitrogens with one attached hydrogen (secondary N) is 2. The lowest BCUT2D eigenvalue weighted by atomic mass is 9.87. The molecule has 182 valence electrons. The van der Waals surface area contributed by atoms with E-state index in [1.807, 2.05) is 24.3 Å². The number of hydrogen-bond acceptors (Lipinski definition) is 5. The van der Waals surface area contributed by atoms with Crippen molar-refractivity contribution in [2.24, 2.45) is 5.73 Å². The number of H-pyrrole nitrogens is 1. The van der Waals surface area contributed by atoms with E-state index >= 15 is 0 Å². The minimum absolute atomic E-state index is 0.00869. The normalized spacial score (nSPS) is 12.8. The van der Waals surface area contributed by atoms with Crippen molar-refractivity contribution in [3.8, 4) is 5.75 Å². The number of nitrogens with two attached hydrogens (primary N) is 1. The zero-order valence-corrected chi connectivity index (χ0v) is 20.1. The third kappa shape index (κ3) is 5.68. The van der Waals surface area contributed by atoms with E-state index in [0.717, 1.165) is 22.4 Å². The molecule has 3 amide bonds. The van der Waals surface area contributed by atoms with Gasteiger partial charge in [-0.2, -0.15) is 5.10 Å². The molecule has 0 radical (unpaired) electrons. The van der Waals surface area contributed by atoms with Gasteiger partial charge in [-0.3, -0.25) is 19.5 Å². The Morgan fingerprint density at radius 1 is 1.06 bits per heavy atom. The summed E-state index contributed by atoms with van der Waals surface area (Å²) in [5, 5.41) is 10.0. The average molecular weight is 476 g/mol. The van der Waals surface area contributed by atoms with Gasteiger partial charge in [0, 0.05) is 11.1 Å². The maximum Gasteiger partial charge on any atom is 0.256 e. The van der Waals surface area contributed by atoms with Gasteiger partial charge in [0.1, 0.15) is 5.75 Å². The first-order valence-corrected chi connectivity index (χ1v) is 11.4. The lowest BCUT2D eigenvalue weighted by Crippen LogP contribution is -2.27. The Bertz CT molecular complexity index is 1240. The van der Waals surface area contributed by atoms with Crippen LogP contribution in [0.15, 0.2) is 48.5 Å². The number of aromatic amines is 1. The van der Waals surface area contributed by atoms with Gasteiger partial charge in [-0.05, 0) is 40.8 Å². The molecule has 35 heavy (non-hydrogen) atoms. The summed E-state index contributed by atoms with van der Waals surface area (Å²) in [6.07, 6.45) is 0.218. The van der Waals surface area contributed by atoms with Gasteiger partial charge in [0.05, 0.1) is 25.2 Å². The van der Waals surface area contributed by atoms with Crippen molar-refractivity contribution < 1.29 is 19.1 Å². The number of amides is 3. The van der Waals surface area contributed by atoms with E-state index in [1.54, 1.807) is 29.2 Å². The Morgan fingerprint density at radius 2 is 1.74 bits per heavy atom. The summed E-state index contributed by atoms with van der Waals surface area (Å²) in [6.45, 7) is 6.94. The first-order chi connectivity index (χ1) is 16.6. The van der Waals surface area contributed by atoms with Crippen LogP contribution in [0.5, 0.6) is 5.75 Å². The molecule has 0 bridgehead atoms. The van der Waals surface area contributed by atoms with Crippen LogP contribution in [-0.4, -0.2) is 39.4 Å². The van der Waals surface area contributed by atoms with Gasteiger partial charge in [-0.1, -0.05) is 45.0 Å². The number of rotatable bonds is 7. The summed E-state index contributed by atoms with van der Waals surface area (Å²) < 4.78 is 5.24. The molecule has 0 unspecified atom stereocenters. The highest BCUT2D eigenvalue weighted by Gasteiger charge is 2.29. The first-order valence-electron chi connectivity index (χ1n) is 11.4. The minimum Gasteiger partial charge on any atom is -0.484 e. The lowest BCUT2D eigenvalue weighted by molar-refractivity contribution is -0.131. The van der Waals surface area contributed by atoms with E-state index in [2.05, 4.69) is 36.3 Å². The van der Waals surface area contributed by atoms with E-state index in [1.165, 1.54) is 0 Å². The molecule has 1 aromatic heterocycles. The fraction of sp³-hybridized carbons (Fsp3) is 0.308. The number of carbonyl (C=O) groups excluding carboxylic acids is 3. The van der Waals surface area contributed by atoms with E-state index in [0.29, 0.717) is 30.2 Å². The van der Waals surface area contributed by atoms with Gasteiger partial charge in [-0.25, -0.2) is 0 Å². The Morgan fingerprint density at radius 3 is 2.37 bits per heavy atom. The Balaban J connectivity index is 1.35. The molecule has 2 aromatic carbocycles. The van der Waals surface area contributed by atoms with Crippen LogP contribution < -0.4 is 15.8 Å². The molecule has 0 atom stereocenters. The van der Waals surface area contributed by atoms with Crippen molar-refractivity contribution in [3.63, 3.8) is 0 Å². The van der Waals surface area contributed by atoms with Crippen LogP contribution in [0.3, 0.4) is 0 Å². The van der Waals surface area contributed by atoms with Crippen LogP contribution in [0.2, 0.25) is 0 Å². The fourth-order valence-electron chi connectivity index (χ4n) is 3.87. The molecular formula is C26H29N5O4. The Kier molecular flexibility index (Phi) is 6.59. The van der Waals surface area contributed by atoms with Crippen molar-refractivity contribution in [2.45, 2.75) is 45.7 Å². The molecule has 3 aromatic rings. The van der Waals surface area contributed by atoms with E-state index in [9.17, 15) is 14.4 Å². The zero-order valence-electron chi connectivity index (χ0n) is 20.1. The van der Waals surface area contributed by atoms with E-state index < -0.39 is 5.91 Å². The minimum atomic E-state index is -0.551. The summed E-state index contributed by atoms with van der Waals surface area (Å²) in [5.74, 6) is 0.107. The van der Waals surface area contributed by atoms with Crippen LogP contribution in [0.1, 0.15) is 53.5 Å². The SMILES string of the molecule is CC(C)(C)c1ccc(C(=O)Nc2n[nH]c3c2CN(C(=O)Cc2ccc(OCC(N)=O)cc2)C3)cc1. The van der Waals surface area contributed by atoms with E-state index in [4.69, 9.17) is 10.5 Å². The number of benzene rings is 2. The number of primary amides is 1. The van der Waals surface area contributed by atoms with Crippen molar-refractivity contribution in [1.29, 1.82) is 0 Å². The van der Waals surface area contributed by atoms with Crippen LogP contribution in [0, 0.1) is 0 Å². The predicted molar refractivity (Wildman–Crippen MR) is 131 cm³/mol. The number of fused-ring (bicyclic) bond motifs is 1. The summed E-state index contributed by atoms with van der Waals surface area (Å²) in [6, 6.07) is 14.5. The monoisotopic (exact) mass is 475 g/mol. The molecule has 0 saturated heterocycles. The molecule has 4 N–H and O–H groups in total. The summed E-state index contributed by atoms with van der Waals surface area (Å²) in [4.78, 5) is 38.2. The standard InChI is InChI=1S/C26H29N5O4/c1-26(2,3)18-8-6-17(7-9-18)25(34)28-24-20-13-31(14-21(20)29-30-24)23(33)12-16-4-10-19(11-5-16)35-15-22(27)32/h4-11H,12-15H2,1-3H3,(H2,27,32)(H2,28,29,30,34). The van der Waals surface area contributed by atoms with Gasteiger partial charge in [-0.15, -0.1) is 0 Å². The molecule has 0 saturated carbocycles. The maximum absolute atomic E-state index is 12.9. The molecule has 0 fully saturated rings. The lowest BCUT2D eigenvalue weighted by Gasteiger charge is -2.19. The van der Waals surface area contributed by atoms with Gasteiger partial charge in [0.15, 0.2) is 12.4 Å². The van der Waals surface area contributed by atoms with Gasteiger partial charge >= 0.3 is 0 Å². The second kappa shape index (κ2) is 9.61. The molecule has 0 aliphatic carbocycles. The largest absolute Gasteiger partial charge is 0.484 e. The van der Waals surface area contributed by atoms with Crippen LogP contribution in [0.25, 0.3) is 0 Å². The number of nitrogens with zero attached hydrogens (tertiary/aromatic N) is 2. The summed E-state index contributed by atoms with van der Waals surface area (Å²) in [7, 11) is 0. The highest BCUT2D eigenvalue weighted by Crippen LogP contribution is 2.28. The smallest absolute Gasteiger partial charge is 0.256 e. The van der Waals surface area contributed by atoms with E-state index in [-0.39, 0.29) is 30.3 Å². The number of carbonyl (C=O) groups is 3. The Labute approximate surface area is 203 Å². The third-order valence-corrected chi connectivity index (χ3v) is 5.91. The van der Waals surface area contributed by atoms with Gasteiger partial charge in [0.25, 0.3) is 11.8 Å². The molecule has 9 heteroatoms. The highest BCUT2D eigenvalue weighted by molar-refractivity contribution is 6.04.